The molecule has 3 heteroatoms. The van der Waals surface area contributed by atoms with Crippen LogP contribution in [0.1, 0.15) is 31.7 Å². The van der Waals surface area contributed by atoms with Crippen LogP contribution < -0.4 is 10.5 Å². The summed E-state index contributed by atoms with van der Waals surface area (Å²) >= 11 is 0. The van der Waals surface area contributed by atoms with Crippen LogP contribution in [0.5, 0.6) is 5.75 Å². The molecule has 1 aromatic rings. The first-order chi connectivity index (χ1) is 7.59. The summed E-state index contributed by atoms with van der Waals surface area (Å²) in [5.41, 5.74) is 6.48. The molecule has 1 aromatic carbocycles. The van der Waals surface area contributed by atoms with Crippen molar-refractivity contribution in [2.75, 3.05) is 6.61 Å². The van der Waals surface area contributed by atoms with Crippen LogP contribution >= 0.6 is 0 Å². The van der Waals surface area contributed by atoms with Gasteiger partial charge in [0.25, 0.3) is 0 Å². The van der Waals surface area contributed by atoms with Crippen molar-refractivity contribution in [3.05, 3.63) is 29.6 Å². The van der Waals surface area contributed by atoms with Gasteiger partial charge < -0.3 is 10.5 Å². The van der Waals surface area contributed by atoms with Crippen LogP contribution in [0.4, 0.5) is 4.39 Å². The number of unbranched alkanes of at least 4 members (excludes halogenated alkanes) is 1. The van der Waals surface area contributed by atoms with Gasteiger partial charge in [0.05, 0.1) is 6.61 Å². The van der Waals surface area contributed by atoms with Gasteiger partial charge in [0.15, 0.2) is 0 Å². The SMILES string of the molecule is Cc1cc(F)ccc1OCCCCC(C)N. The van der Waals surface area contributed by atoms with E-state index in [1.165, 1.54) is 12.1 Å². The Kier molecular flexibility index (Phi) is 5.26. The third kappa shape index (κ3) is 4.62. The Balaban J connectivity index is 2.27. The Bertz CT molecular complexity index is 326. The molecule has 0 amide bonds. The highest BCUT2D eigenvalue weighted by Crippen LogP contribution is 2.18. The number of halogens is 1. The smallest absolute Gasteiger partial charge is 0.123 e. The largest absolute Gasteiger partial charge is 0.493 e. The third-order valence-corrected chi connectivity index (χ3v) is 2.45. The molecule has 0 aromatic heterocycles. The van der Waals surface area contributed by atoms with Gasteiger partial charge in [-0.25, -0.2) is 4.39 Å². The second-order valence-corrected chi connectivity index (χ2v) is 4.23. The number of nitrogens with two attached hydrogens (primary N) is 1. The fourth-order valence-corrected chi connectivity index (χ4v) is 1.53. The van der Waals surface area contributed by atoms with Crippen LogP contribution in [0.15, 0.2) is 18.2 Å². The minimum atomic E-state index is -0.221. The predicted molar refractivity (Wildman–Crippen MR) is 64.1 cm³/mol. The van der Waals surface area contributed by atoms with Gasteiger partial charge in [-0.3, -0.25) is 0 Å². The molecule has 1 unspecified atom stereocenters. The molecule has 1 atom stereocenters. The van der Waals surface area contributed by atoms with E-state index in [9.17, 15) is 4.39 Å². The normalized spacial score (nSPS) is 12.5. The maximum absolute atomic E-state index is 12.8. The standard InChI is InChI=1S/C13H20FNO/c1-10-9-12(14)6-7-13(10)16-8-4-3-5-11(2)15/h6-7,9,11H,3-5,8,15H2,1-2H3. The molecule has 0 aliphatic heterocycles. The quantitative estimate of drug-likeness (QED) is 0.755. The summed E-state index contributed by atoms with van der Waals surface area (Å²) in [5, 5.41) is 0. The maximum Gasteiger partial charge on any atom is 0.123 e. The molecule has 16 heavy (non-hydrogen) atoms. The summed E-state index contributed by atoms with van der Waals surface area (Å²) in [7, 11) is 0. The summed E-state index contributed by atoms with van der Waals surface area (Å²) in [6, 6.07) is 4.84. The maximum atomic E-state index is 12.8. The van der Waals surface area contributed by atoms with E-state index in [1.807, 2.05) is 13.8 Å². The second-order valence-electron chi connectivity index (χ2n) is 4.23. The average Bonchev–Trinajstić information content (AvgIpc) is 2.20. The molecule has 1 rings (SSSR count). The van der Waals surface area contributed by atoms with E-state index < -0.39 is 0 Å². The Labute approximate surface area is 96.6 Å². The monoisotopic (exact) mass is 225 g/mol. The number of benzene rings is 1. The van der Waals surface area contributed by atoms with Crippen LogP contribution in [0.3, 0.4) is 0 Å². The number of ether oxygens (including phenoxy) is 1. The summed E-state index contributed by atoms with van der Waals surface area (Å²) in [6.45, 7) is 4.52. The van der Waals surface area contributed by atoms with E-state index >= 15 is 0 Å². The molecule has 2 nitrogen and oxygen atoms in total. The van der Waals surface area contributed by atoms with Gasteiger partial charge >= 0.3 is 0 Å². The van der Waals surface area contributed by atoms with Gasteiger partial charge in [0.2, 0.25) is 0 Å². The van der Waals surface area contributed by atoms with Gasteiger partial charge in [-0.05, 0) is 56.9 Å². The van der Waals surface area contributed by atoms with Crippen molar-refractivity contribution in [2.24, 2.45) is 5.73 Å². The molecule has 2 N–H and O–H groups in total. The van der Waals surface area contributed by atoms with Gasteiger partial charge in [-0.1, -0.05) is 0 Å². The summed E-state index contributed by atoms with van der Waals surface area (Å²) in [5.74, 6) is 0.545. The number of hydrogen-bond donors (Lipinski definition) is 1. The third-order valence-electron chi connectivity index (χ3n) is 2.45. The highest BCUT2D eigenvalue weighted by Gasteiger charge is 2.01. The van der Waals surface area contributed by atoms with Crippen molar-refractivity contribution in [3.8, 4) is 5.75 Å². The zero-order valence-electron chi connectivity index (χ0n) is 10.0. The highest BCUT2D eigenvalue weighted by molar-refractivity contribution is 5.32. The number of aryl methyl sites for hydroxylation is 1. The molecule has 90 valence electrons. The van der Waals surface area contributed by atoms with E-state index in [-0.39, 0.29) is 11.9 Å². The molecule has 0 heterocycles. The van der Waals surface area contributed by atoms with Crippen molar-refractivity contribution < 1.29 is 9.13 Å². The lowest BCUT2D eigenvalue weighted by molar-refractivity contribution is 0.301. The van der Waals surface area contributed by atoms with E-state index in [0.717, 1.165) is 30.6 Å². The molecular weight excluding hydrogens is 205 g/mol. The zero-order valence-corrected chi connectivity index (χ0v) is 10.0. The van der Waals surface area contributed by atoms with Gasteiger partial charge in [-0.15, -0.1) is 0 Å². The minimum absolute atomic E-state index is 0.221. The van der Waals surface area contributed by atoms with Crippen molar-refractivity contribution in [1.82, 2.24) is 0 Å². The molecule has 0 saturated carbocycles. The molecule has 0 fully saturated rings. The van der Waals surface area contributed by atoms with Crippen LogP contribution in [-0.4, -0.2) is 12.6 Å². The molecule has 0 radical (unpaired) electrons. The van der Waals surface area contributed by atoms with Gasteiger partial charge in [-0.2, -0.15) is 0 Å². The Morgan fingerprint density at radius 3 is 2.75 bits per heavy atom. The lowest BCUT2D eigenvalue weighted by Crippen LogP contribution is -2.14. The van der Waals surface area contributed by atoms with Gasteiger partial charge in [0, 0.05) is 6.04 Å². The fourth-order valence-electron chi connectivity index (χ4n) is 1.53. The predicted octanol–water partition coefficient (Wildman–Crippen LogP) is 3.03. The van der Waals surface area contributed by atoms with Crippen LogP contribution in [0.2, 0.25) is 0 Å². The molecular formula is C13H20FNO. The van der Waals surface area contributed by atoms with Crippen molar-refractivity contribution >= 4 is 0 Å². The van der Waals surface area contributed by atoms with E-state index in [0.29, 0.717) is 6.61 Å². The minimum Gasteiger partial charge on any atom is -0.493 e. The van der Waals surface area contributed by atoms with Crippen LogP contribution in [-0.2, 0) is 0 Å². The average molecular weight is 225 g/mol. The zero-order chi connectivity index (χ0) is 12.0. The van der Waals surface area contributed by atoms with Crippen LogP contribution in [0.25, 0.3) is 0 Å². The summed E-state index contributed by atoms with van der Waals surface area (Å²) < 4.78 is 18.4. The summed E-state index contributed by atoms with van der Waals surface area (Å²) in [6.07, 6.45) is 3.07. The van der Waals surface area contributed by atoms with Gasteiger partial charge in [0.1, 0.15) is 11.6 Å². The van der Waals surface area contributed by atoms with Crippen molar-refractivity contribution in [2.45, 2.75) is 39.2 Å². The highest BCUT2D eigenvalue weighted by atomic mass is 19.1. The van der Waals surface area contributed by atoms with E-state index in [1.54, 1.807) is 6.07 Å². The molecule has 0 aliphatic rings. The van der Waals surface area contributed by atoms with Crippen LogP contribution in [0, 0.1) is 12.7 Å². The van der Waals surface area contributed by atoms with Crippen molar-refractivity contribution in [1.29, 1.82) is 0 Å². The molecule has 0 aliphatic carbocycles. The Hall–Kier alpha value is -1.09. The summed E-state index contributed by atoms with van der Waals surface area (Å²) in [4.78, 5) is 0. The lowest BCUT2D eigenvalue weighted by atomic mass is 10.1. The second kappa shape index (κ2) is 6.48. The molecule has 0 saturated heterocycles. The lowest BCUT2D eigenvalue weighted by Gasteiger charge is -2.09. The first-order valence-corrected chi connectivity index (χ1v) is 5.74. The van der Waals surface area contributed by atoms with E-state index in [2.05, 4.69) is 0 Å². The molecule has 0 bridgehead atoms. The number of rotatable bonds is 6. The molecule has 0 spiro atoms. The topological polar surface area (TPSA) is 35.2 Å². The fraction of sp³-hybridized carbons (Fsp3) is 0.538. The Morgan fingerprint density at radius 2 is 2.12 bits per heavy atom. The Morgan fingerprint density at radius 1 is 1.38 bits per heavy atom. The number of hydrogen-bond acceptors (Lipinski definition) is 2. The first kappa shape index (κ1) is 13.0. The van der Waals surface area contributed by atoms with Crippen molar-refractivity contribution in [3.63, 3.8) is 0 Å². The van der Waals surface area contributed by atoms with E-state index in [4.69, 9.17) is 10.5 Å². The first-order valence-electron chi connectivity index (χ1n) is 5.74.